The number of rotatable bonds is 6. The Labute approximate surface area is 88.0 Å². The maximum absolute atomic E-state index is 10.5. The first-order chi connectivity index (χ1) is 7.17. The number of hydrogen-bond acceptors (Lipinski definition) is 4. The van der Waals surface area contributed by atoms with E-state index < -0.39 is 5.97 Å². The summed E-state index contributed by atoms with van der Waals surface area (Å²) in [6, 6.07) is 3.15. The van der Waals surface area contributed by atoms with Crippen LogP contribution in [0, 0.1) is 0 Å². The lowest BCUT2D eigenvalue weighted by molar-refractivity contribution is 0.0663. The number of anilines is 1. The molecular weight excluding hydrogens is 198 g/mol. The summed E-state index contributed by atoms with van der Waals surface area (Å²) < 4.78 is 10.1. The van der Waals surface area contributed by atoms with E-state index in [2.05, 4.69) is 5.32 Å². The van der Waals surface area contributed by atoms with Crippen molar-refractivity contribution in [2.45, 2.75) is 19.4 Å². The molecule has 1 rings (SSSR count). The third-order valence-electron chi connectivity index (χ3n) is 2.02. The second-order valence-corrected chi connectivity index (χ2v) is 3.17. The van der Waals surface area contributed by atoms with Crippen LogP contribution in [0.3, 0.4) is 0 Å². The topological polar surface area (TPSA) is 71.7 Å². The van der Waals surface area contributed by atoms with E-state index in [1.165, 1.54) is 6.07 Å². The highest BCUT2D eigenvalue weighted by atomic mass is 16.5. The van der Waals surface area contributed by atoms with Crippen molar-refractivity contribution in [2.24, 2.45) is 0 Å². The Morgan fingerprint density at radius 1 is 1.67 bits per heavy atom. The van der Waals surface area contributed by atoms with Gasteiger partial charge in [0.05, 0.1) is 12.6 Å². The molecule has 5 nitrogen and oxygen atoms in total. The minimum absolute atomic E-state index is 0.0650. The van der Waals surface area contributed by atoms with Gasteiger partial charge >= 0.3 is 5.97 Å². The smallest absolute Gasteiger partial charge is 0.371 e. The highest BCUT2D eigenvalue weighted by Gasteiger charge is 2.11. The average Bonchev–Trinajstić information content (AvgIpc) is 2.65. The number of carbonyl (C=O) groups is 1. The molecule has 1 aromatic heterocycles. The van der Waals surface area contributed by atoms with Crippen molar-refractivity contribution in [3.05, 3.63) is 17.9 Å². The lowest BCUT2D eigenvalue weighted by Gasteiger charge is -2.14. The molecular formula is C10H15NO4. The summed E-state index contributed by atoms with van der Waals surface area (Å²) in [5.74, 6) is -0.677. The third-order valence-corrected chi connectivity index (χ3v) is 2.02. The van der Waals surface area contributed by atoms with Gasteiger partial charge in [-0.3, -0.25) is 0 Å². The predicted octanol–water partition coefficient (Wildman–Crippen LogP) is 1.81. The molecule has 0 amide bonds. The minimum atomic E-state index is -1.07. The number of carboxylic acid groups (broad SMARTS) is 1. The fraction of sp³-hybridized carbons (Fsp3) is 0.500. The van der Waals surface area contributed by atoms with Crippen molar-refractivity contribution in [3.63, 3.8) is 0 Å². The van der Waals surface area contributed by atoms with Crippen LogP contribution < -0.4 is 5.32 Å². The Morgan fingerprint density at radius 3 is 2.87 bits per heavy atom. The van der Waals surface area contributed by atoms with E-state index in [-0.39, 0.29) is 11.8 Å². The molecule has 1 unspecified atom stereocenters. The molecule has 2 N–H and O–H groups in total. The molecule has 0 saturated heterocycles. The molecule has 0 aromatic carbocycles. The maximum Gasteiger partial charge on any atom is 0.371 e. The number of aromatic carboxylic acids is 1. The fourth-order valence-corrected chi connectivity index (χ4v) is 1.19. The monoisotopic (exact) mass is 213 g/mol. The first kappa shape index (κ1) is 11.6. The van der Waals surface area contributed by atoms with Crippen molar-refractivity contribution >= 4 is 11.9 Å². The van der Waals surface area contributed by atoms with Gasteiger partial charge in [-0.05, 0) is 12.5 Å². The van der Waals surface area contributed by atoms with Gasteiger partial charge in [-0.25, -0.2) is 4.79 Å². The first-order valence-corrected chi connectivity index (χ1v) is 4.76. The van der Waals surface area contributed by atoms with Crippen LogP contribution in [0.2, 0.25) is 0 Å². The largest absolute Gasteiger partial charge is 0.475 e. The molecule has 0 radical (unpaired) electrons. The summed E-state index contributed by atoms with van der Waals surface area (Å²) in [7, 11) is 1.62. The molecule has 0 bridgehead atoms. The molecule has 1 atom stereocenters. The van der Waals surface area contributed by atoms with E-state index in [0.29, 0.717) is 12.5 Å². The van der Waals surface area contributed by atoms with Crippen LogP contribution in [0.25, 0.3) is 0 Å². The molecule has 0 aliphatic carbocycles. The normalized spacial score (nSPS) is 12.4. The highest BCUT2D eigenvalue weighted by Crippen LogP contribution is 2.15. The maximum atomic E-state index is 10.5. The van der Waals surface area contributed by atoms with Crippen molar-refractivity contribution in [2.75, 3.05) is 19.0 Å². The second kappa shape index (κ2) is 5.41. The lowest BCUT2D eigenvalue weighted by Crippen LogP contribution is -2.23. The van der Waals surface area contributed by atoms with Gasteiger partial charge in [0.2, 0.25) is 5.76 Å². The quantitative estimate of drug-likeness (QED) is 0.754. The van der Waals surface area contributed by atoms with Gasteiger partial charge in [-0.2, -0.15) is 0 Å². The Hall–Kier alpha value is -1.49. The molecule has 15 heavy (non-hydrogen) atoms. The molecule has 0 aliphatic heterocycles. The zero-order valence-corrected chi connectivity index (χ0v) is 8.82. The van der Waals surface area contributed by atoms with E-state index in [0.717, 1.165) is 6.42 Å². The molecule has 0 saturated carbocycles. The van der Waals surface area contributed by atoms with Gasteiger partial charge in [-0.15, -0.1) is 0 Å². The van der Waals surface area contributed by atoms with Crippen LogP contribution in [-0.4, -0.2) is 30.8 Å². The highest BCUT2D eigenvalue weighted by molar-refractivity contribution is 5.84. The van der Waals surface area contributed by atoms with Gasteiger partial charge < -0.3 is 19.6 Å². The number of carboxylic acids is 1. The molecule has 1 heterocycles. The number of ether oxygens (including phenoxy) is 1. The Morgan fingerprint density at radius 2 is 2.40 bits per heavy atom. The predicted molar refractivity (Wildman–Crippen MR) is 55.2 cm³/mol. The van der Waals surface area contributed by atoms with Crippen LogP contribution in [0.4, 0.5) is 5.88 Å². The molecule has 0 fully saturated rings. The van der Waals surface area contributed by atoms with E-state index in [4.69, 9.17) is 14.3 Å². The van der Waals surface area contributed by atoms with Crippen molar-refractivity contribution in [1.29, 1.82) is 0 Å². The first-order valence-electron chi connectivity index (χ1n) is 4.76. The molecule has 1 aromatic rings. The zero-order chi connectivity index (χ0) is 11.3. The lowest BCUT2D eigenvalue weighted by atomic mass is 10.2. The van der Waals surface area contributed by atoms with Gasteiger partial charge in [-0.1, -0.05) is 6.92 Å². The van der Waals surface area contributed by atoms with Gasteiger partial charge in [0, 0.05) is 13.2 Å². The zero-order valence-electron chi connectivity index (χ0n) is 8.82. The van der Waals surface area contributed by atoms with E-state index >= 15 is 0 Å². The molecule has 0 aliphatic rings. The third kappa shape index (κ3) is 3.28. The van der Waals surface area contributed by atoms with Crippen molar-refractivity contribution in [3.8, 4) is 0 Å². The van der Waals surface area contributed by atoms with Gasteiger partial charge in [0.15, 0.2) is 5.88 Å². The fourth-order valence-electron chi connectivity index (χ4n) is 1.19. The van der Waals surface area contributed by atoms with Crippen molar-refractivity contribution in [1.82, 2.24) is 0 Å². The summed E-state index contributed by atoms with van der Waals surface area (Å²) in [6.45, 7) is 2.57. The Kier molecular flexibility index (Phi) is 4.17. The summed E-state index contributed by atoms with van der Waals surface area (Å²) in [6.07, 6.45) is 0.872. The number of methoxy groups -OCH3 is 1. The van der Waals surface area contributed by atoms with Crippen LogP contribution in [0.15, 0.2) is 16.5 Å². The summed E-state index contributed by atoms with van der Waals surface area (Å²) in [4.78, 5) is 10.5. The number of nitrogens with one attached hydrogen (secondary N) is 1. The molecule has 5 heteroatoms. The van der Waals surface area contributed by atoms with Crippen LogP contribution in [0.5, 0.6) is 0 Å². The average molecular weight is 213 g/mol. The second-order valence-electron chi connectivity index (χ2n) is 3.17. The van der Waals surface area contributed by atoms with Crippen LogP contribution >= 0.6 is 0 Å². The van der Waals surface area contributed by atoms with Gasteiger partial charge in [0.1, 0.15) is 0 Å². The number of hydrogen-bond donors (Lipinski definition) is 2. The van der Waals surface area contributed by atoms with E-state index in [9.17, 15) is 4.79 Å². The molecule has 84 valence electrons. The van der Waals surface area contributed by atoms with E-state index in [1.54, 1.807) is 13.2 Å². The Balaban J connectivity index is 2.59. The summed E-state index contributed by atoms with van der Waals surface area (Å²) >= 11 is 0. The minimum Gasteiger partial charge on any atom is -0.475 e. The molecule has 0 spiro atoms. The number of furan rings is 1. The van der Waals surface area contributed by atoms with Gasteiger partial charge in [0.25, 0.3) is 0 Å². The summed E-state index contributed by atoms with van der Waals surface area (Å²) in [5, 5.41) is 11.7. The standard InChI is InChI=1S/C10H15NO4/c1-3-7(6-14-2)11-9-5-4-8(15-9)10(12)13/h4-5,7,11H,3,6H2,1-2H3,(H,12,13). The summed E-state index contributed by atoms with van der Waals surface area (Å²) in [5.41, 5.74) is 0. The Bertz CT molecular complexity index is 321. The van der Waals surface area contributed by atoms with Crippen LogP contribution in [-0.2, 0) is 4.74 Å². The van der Waals surface area contributed by atoms with Crippen molar-refractivity contribution < 1.29 is 19.1 Å². The van der Waals surface area contributed by atoms with Crippen LogP contribution in [0.1, 0.15) is 23.9 Å². The van der Waals surface area contributed by atoms with E-state index in [1.807, 2.05) is 6.92 Å². The SMILES string of the molecule is CCC(COC)Nc1ccc(C(=O)O)o1.